The molecule has 5 heteroatoms. The van der Waals surface area contributed by atoms with Gasteiger partial charge in [0, 0.05) is 64.6 Å². The van der Waals surface area contributed by atoms with Crippen LogP contribution in [-0.4, -0.2) is 52.1 Å². The summed E-state index contributed by atoms with van der Waals surface area (Å²) in [5, 5.41) is 0. The molecule has 0 unspecified atom stereocenters. The third-order valence-electron chi connectivity index (χ3n) is 5.82. The molecule has 158 valence electrons. The zero-order valence-electron chi connectivity index (χ0n) is 17.9. The van der Waals surface area contributed by atoms with Gasteiger partial charge < -0.3 is 9.30 Å². The molecule has 0 bridgehead atoms. The predicted molar refractivity (Wildman–Crippen MR) is 121 cm³/mol. The molecule has 1 saturated heterocycles. The molecule has 1 aliphatic rings. The van der Waals surface area contributed by atoms with Crippen molar-refractivity contribution in [1.82, 2.24) is 19.4 Å². The van der Waals surface area contributed by atoms with Gasteiger partial charge >= 0.3 is 0 Å². The van der Waals surface area contributed by atoms with E-state index in [1.54, 1.807) is 0 Å². The molecule has 0 saturated carbocycles. The van der Waals surface area contributed by atoms with Crippen LogP contribution in [0.15, 0.2) is 67.0 Å². The van der Waals surface area contributed by atoms with Crippen molar-refractivity contribution in [1.29, 1.82) is 0 Å². The molecule has 0 aliphatic carbocycles. The molecule has 3 aromatic rings. The summed E-state index contributed by atoms with van der Waals surface area (Å²) in [7, 11) is 0. The van der Waals surface area contributed by atoms with Crippen LogP contribution in [0.3, 0.4) is 0 Å². The van der Waals surface area contributed by atoms with Crippen LogP contribution in [0.1, 0.15) is 23.9 Å². The Bertz CT molecular complexity index is 883. The van der Waals surface area contributed by atoms with E-state index < -0.39 is 0 Å². The van der Waals surface area contributed by atoms with Gasteiger partial charge in [0.2, 0.25) is 0 Å². The number of piperazine rings is 1. The van der Waals surface area contributed by atoms with Crippen molar-refractivity contribution in [2.75, 3.05) is 32.7 Å². The average molecular weight is 405 g/mol. The summed E-state index contributed by atoms with van der Waals surface area (Å²) < 4.78 is 8.18. The Morgan fingerprint density at radius 3 is 2.30 bits per heavy atom. The molecular formula is C25H32N4O. The van der Waals surface area contributed by atoms with Crippen molar-refractivity contribution in [3.8, 4) is 5.75 Å². The van der Waals surface area contributed by atoms with E-state index >= 15 is 0 Å². The highest BCUT2D eigenvalue weighted by Crippen LogP contribution is 2.16. The molecular weight excluding hydrogens is 372 g/mol. The summed E-state index contributed by atoms with van der Waals surface area (Å²) in [5.74, 6) is 2.11. The zero-order valence-corrected chi connectivity index (χ0v) is 17.9. The second-order valence-electron chi connectivity index (χ2n) is 7.93. The number of hydrogen-bond donors (Lipinski definition) is 0. The Kier molecular flexibility index (Phi) is 7.16. The summed E-state index contributed by atoms with van der Waals surface area (Å²) >= 11 is 0. The maximum Gasteiger partial charge on any atom is 0.119 e. The second-order valence-corrected chi connectivity index (χ2v) is 7.93. The summed E-state index contributed by atoms with van der Waals surface area (Å²) in [6.07, 6.45) is 5.01. The minimum absolute atomic E-state index is 0.612. The number of nitrogens with zero attached hydrogens (tertiary/aromatic N) is 4. The summed E-state index contributed by atoms with van der Waals surface area (Å²) in [6, 6.07) is 18.9. The van der Waals surface area contributed by atoms with Crippen molar-refractivity contribution in [2.24, 2.45) is 0 Å². The van der Waals surface area contributed by atoms with E-state index in [4.69, 9.17) is 4.74 Å². The fourth-order valence-corrected chi connectivity index (χ4v) is 3.97. The van der Waals surface area contributed by atoms with Gasteiger partial charge in [0.05, 0.1) is 0 Å². The first-order chi connectivity index (χ1) is 14.8. The first-order valence-electron chi connectivity index (χ1n) is 11.0. The topological polar surface area (TPSA) is 33.5 Å². The molecule has 0 N–H and O–H groups in total. The quantitative estimate of drug-likeness (QED) is 0.543. The number of imidazole rings is 1. The van der Waals surface area contributed by atoms with Crippen molar-refractivity contribution >= 4 is 0 Å². The first-order valence-corrected chi connectivity index (χ1v) is 11.0. The normalized spacial score (nSPS) is 15.4. The molecule has 2 heterocycles. The molecule has 1 aliphatic heterocycles. The van der Waals surface area contributed by atoms with Crippen LogP contribution < -0.4 is 4.74 Å². The minimum Gasteiger partial charge on any atom is -0.489 e. The first kappa shape index (κ1) is 20.6. The molecule has 0 spiro atoms. The number of benzene rings is 2. The van der Waals surface area contributed by atoms with E-state index in [0.717, 1.165) is 58.0 Å². The molecule has 30 heavy (non-hydrogen) atoms. The van der Waals surface area contributed by atoms with Crippen molar-refractivity contribution in [2.45, 2.75) is 33.0 Å². The Hall–Kier alpha value is -2.63. The van der Waals surface area contributed by atoms with E-state index in [1.807, 2.05) is 24.4 Å². The summed E-state index contributed by atoms with van der Waals surface area (Å²) in [6.45, 7) is 10.4. The molecule has 0 amide bonds. The monoisotopic (exact) mass is 404 g/mol. The fraction of sp³-hybridized carbons (Fsp3) is 0.400. The fourth-order valence-electron chi connectivity index (χ4n) is 3.97. The van der Waals surface area contributed by atoms with Crippen LogP contribution >= 0.6 is 0 Å². The van der Waals surface area contributed by atoms with E-state index in [-0.39, 0.29) is 0 Å². The van der Waals surface area contributed by atoms with Crippen LogP contribution in [0.4, 0.5) is 0 Å². The SMILES string of the molecule is CCc1nccn1CCN1CCN(Cc2ccc(OCc3ccccc3)cc2)CC1. The van der Waals surface area contributed by atoms with E-state index in [1.165, 1.54) is 17.0 Å². The number of hydrogen-bond acceptors (Lipinski definition) is 4. The van der Waals surface area contributed by atoms with Gasteiger partial charge in [-0.1, -0.05) is 49.4 Å². The maximum atomic E-state index is 5.90. The number of aromatic nitrogens is 2. The van der Waals surface area contributed by atoms with Gasteiger partial charge in [-0.25, -0.2) is 4.98 Å². The number of ether oxygens (including phenoxy) is 1. The van der Waals surface area contributed by atoms with Crippen molar-refractivity contribution < 1.29 is 4.74 Å². The Balaban J connectivity index is 1.18. The van der Waals surface area contributed by atoms with Crippen LogP contribution in [-0.2, 0) is 26.1 Å². The van der Waals surface area contributed by atoms with Gasteiger partial charge in [0.25, 0.3) is 0 Å². The molecule has 1 fully saturated rings. The van der Waals surface area contributed by atoms with Gasteiger partial charge in [-0.2, -0.15) is 0 Å². The zero-order chi connectivity index (χ0) is 20.6. The Morgan fingerprint density at radius 2 is 1.57 bits per heavy atom. The van der Waals surface area contributed by atoms with E-state index in [2.05, 4.69) is 68.9 Å². The van der Waals surface area contributed by atoms with E-state index in [9.17, 15) is 0 Å². The molecule has 0 radical (unpaired) electrons. The third-order valence-corrected chi connectivity index (χ3v) is 5.82. The lowest BCUT2D eigenvalue weighted by atomic mass is 10.2. The van der Waals surface area contributed by atoms with Gasteiger partial charge in [-0.3, -0.25) is 9.80 Å². The van der Waals surface area contributed by atoms with Crippen LogP contribution in [0, 0.1) is 0 Å². The minimum atomic E-state index is 0.612. The molecule has 4 rings (SSSR count). The average Bonchev–Trinajstić information content (AvgIpc) is 3.26. The highest BCUT2D eigenvalue weighted by Gasteiger charge is 2.17. The maximum absolute atomic E-state index is 5.90. The highest BCUT2D eigenvalue weighted by atomic mass is 16.5. The lowest BCUT2D eigenvalue weighted by Crippen LogP contribution is -2.46. The number of aryl methyl sites for hydroxylation is 1. The third kappa shape index (κ3) is 5.71. The summed E-state index contributed by atoms with van der Waals surface area (Å²) in [4.78, 5) is 9.53. The lowest BCUT2D eigenvalue weighted by molar-refractivity contribution is 0.124. The van der Waals surface area contributed by atoms with Crippen LogP contribution in [0.2, 0.25) is 0 Å². The Morgan fingerprint density at radius 1 is 0.833 bits per heavy atom. The Labute approximate surface area is 179 Å². The van der Waals surface area contributed by atoms with Crippen molar-refractivity contribution in [3.05, 3.63) is 83.9 Å². The summed E-state index contributed by atoms with van der Waals surface area (Å²) in [5.41, 5.74) is 2.54. The van der Waals surface area contributed by atoms with Gasteiger partial charge in [-0.05, 0) is 23.3 Å². The number of rotatable bonds is 9. The van der Waals surface area contributed by atoms with Gasteiger partial charge in [0.15, 0.2) is 0 Å². The molecule has 2 aromatic carbocycles. The second kappa shape index (κ2) is 10.4. The lowest BCUT2D eigenvalue weighted by Gasteiger charge is -2.34. The van der Waals surface area contributed by atoms with E-state index in [0.29, 0.717) is 6.61 Å². The van der Waals surface area contributed by atoms with Crippen molar-refractivity contribution in [3.63, 3.8) is 0 Å². The standard InChI is InChI=1S/C25H32N4O/c1-2-25-26-12-13-29(25)19-18-27-14-16-28(17-15-27)20-22-8-10-24(11-9-22)30-21-23-6-4-3-5-7-23/h3-13H,2,14-21H2,1H3. The highest BCUT2D eigenvalue weighted by molar-refractivity contribution is 5.27. The van der Waals surface area contributed by atoms with Crippen LogP contribution in [0.25, 0.3) is 0 Å². The molecule has 5 nitrogen and oxygen atoms in total. The molecule has 0 atom stereocenters. The smallest absolute Gasteiger partial charge is 0.119 e. The van der Waals surface area contributed by atoms with Gasteiger partial charge in [-0.15, -0.1) is 0 Å². The largest absolute Gasteiger partial charge is 0.489 e. The molecule has 1 aromatic heterocycles. The van der Waals surface area contributed by atoms with Crippen LogP contribution in [0.5, 0.6) is 5.75 Å². The van der Waals surface area contributed by atoms with Gasteiger partial charge in [0.1, 0.15) is 18.2 Å². The predicted octanol–water partition coefficient (Wildman–Crippen LogP) is 3.84.